The van der Waals surface area contributed by atoms with Crippen LogP contribution in [0.3, 0.4) is 0 Å². The maximum Gasteiger partial charge on any atom is 0.297 e. The molecule has 3 rings (SSSR count). The quantitative estimate of drug-likeness (QED) is 0.619. The van der Waals surface area contributed by atoms with Gasteiger partial charge in [0.25, 0.3) is 5.56 Å². The zero-order chi connectivity index (χ0) is 18.7. The fourth-order valence-electron chi connectivity index (χ4n) is 2.14. The van der Waals surface area contributed by atoms with Crippen LogP contribution >= 0.6 is 35.0 Å². The van der Waals surface area contributed by atoms with E-state index in [1.165, 1.54) is 28.5 Å². The molecule has 0 amide bonds. The van der Waals surface area contributed by atoms with Crippen LogP contribution in [0.5, 0.6) is 0 Å². The lowest BCUT2D eigenvalue weighted by atomic mass is 10.2. The number of thioether (sulfide) groups is 1. The number of halogens is 3. The Labute approximate surface area is 163 Å². The van der Waals surface area contributed by atoms with Gasteiger partial charge >= 0.3 is 0 Å². The number of aromatic nitrogens is 3. The van der Waals surface area contributed by atoms with E-state index in [-0.39, 0.29) is 17.2 Å². The summed E-state index contributed by atoms with van der Waals surface area (Å²) in [4.78, 5) is 12.5. The van der Waals surface area contributed by atoms with Gasteiger partial charge in [-0.25, -0.2) is 4.39 Å². The molecule has 0 saturated carbocycles. The molecule has 0 spiro atoms. The fourth-order valence-corrected chi connectivity index (χ4v) is 3.53. The van der Waals surface area contributed by atoms with Crippen LogP contribution in [-0.2, 0) is 12.8 Å². The second kappa shape index (κ2) is 8.07. The van der Waals surface area contributed by atoms with E-state index in [0.717, 1.165) is 5.56 Å². The molecule has 0 atom stereocenters. The van der Waals surface area contributed by atoms with Crippen molar-refractivity contribution in [2.75, 3.05) is 5.32 Å². The van der Waals surface area contributed by atoms with Gasteiger partial charge in [0, 0.05) is 28.5 Å². The van der Waals surface area contributed by atoms with E-state index in [1.54, 1.807) is 37.4 Å². The molecule has 0 unspecified atom stereocenters. The van der Waals surface area contributed by atoms with Crippen LogP contribution in [0.1, 0.15) is 5.56 Å². The van der Waals surface area contributed by atoms with Gasteiger partial charge in [-0.3, -0.25) is 9.36 Å². The summed E-state index contributed by atoms with van der Waals surface area (Å²) in [5, 5.41) is 12.3. The molecule has 1 aromatic heterocycles. The van der Waals surface area contributed by atoms with Gasteiger partial charge in [0.05, 0.1) is 0 Å². The van der Waals surface area contributed by atoms with Gasteiger partial charge in [-0.05, 0) is 35.9 Å². The number of nitrogens with one attached hydrogen (secondary N) is 1. The van der Waals surface area contributed by atoms with E-state index in [1.807, 2.05) is 0 Å². The summed E-state index contributed by atoms with van der Waals surface area (Å²) in [6, 6.07) is 11.0. The Bertz CT molecular complexity index is 975. The van der Waals surface area contributed by atoms with Gasteiger partial charge in [0.1, 0.15) is 5.82 Å². The van der Waals surface area contributed by atoms with E-state index >= 15 is 0 Å². The van der Waals surface area contributed by atoms with E-state index < -0.39 is 0 Å². The Morgan fingerprint density at radius 3 is 2.42 bits per heavy atom. The van der Waals surface area contributed by atoms with Gasteiger partial charge in [0.15, 0.2) is 5.16 Å². The first-order valence-electron chi connectivity index (χ1n) is 7.46. The highest BCUT2D eigenvalue weighted by Crippen LogP contribution is 2.24. The predicted molar refractivity (Wildman–Crippen MR) is 103 cm³/mol. The highest BCUT2D eigenvalue weighted by atomic mass is 35.5. The zero-order valence-corrected chi connectivity index (χ0v) is 15.9. The van der Waals surface area contributed by atoms with Crippen LogP contribution < -0.4 is 10.9 Å². The van der Waals surface area contributed by atoms with Crippen LogP contribution in [0.25, 0.3) is 0 Å². The molecular formula is C17H13Cl2FN4OS. The number of hydrogen-bond donors (Lipinski definition) is 1. The minimum absolute atomic E-state index is 0.0666. The maximum atomic E-state index is 12.9. The summed E-state index contributed by atoms with van der Waals surface area (Å²) in [6.07, 6.45) is 0. The molecule has 1 N–H and O–H groups in total. The Morgan fingerprint density at radius 1 is 1.12 bits per heavy atom. The van der Waals surface area contributed by atoms with Crippen molar-refractivity contribution >= 4 is 46.5 Å². The van der Waals surface area contributed by atoms with Gasteiger partial charge in [-0.15, -0.1) is 10.2 Å². The van der Waals surface area contributed by atoms with Crippen LogP contribution in [0, 0.1) is 5.82 Å². The predicted octanol–water partition coefficient (Wildman–Crippen LogP) is 4.66. The molecule has 1 heterocycles. The Balaban J connectivity index is 1.77. The highest BCUT2D eigenvalue weighted by molar-refractivity contribution is 7.98. The van der Waals surface area contributed by atoms with E-state index in [4.69, 9.17) is 23.2 Å². The number of benzene rings is 2. The molecule has 0 aliphatic rings. The third-order valence-corrected chi connectivity index (χ3v) is 4.96. The first-order valence-corrected chi connectivity index (χ1v) is 9.20. The maximum absolute atomic E-state index is 12.9. The number of hydrogen-bond acceptors (Lipinski definition) is 5. The number of rotatable bonds is 5. The Hall–Kier alpha value is -2.09. The monoisotopic (exact) mass is 410 g/mol. The summed E-state index contributed by atoms with van der Waals surface area (Å²) < 4.78 is 14.3. The third kappa shape index (κ3) is 4.55. The molecule has 0 saturated heterocycles. The minimum Gasteiger partial charge on any atom is -0.334 e. The van der Waals surface area contributed by atoms with Crippen molar-refractivity contribution in [3.8, 4) is 0 Å². The Morgan fingerprint density at radius 2 is 1.77 bits per heavy atom. The zero-order valence-electron chi connectivity index (χ0n) is 13.5. The molecule has 3 aromatic rings. The van der Waals surface area contributed by atoms with E-state index in [2.05, 4.69) is 15.5 Å². The van der Waals surface area contributed by atoms with Gasteiger partial charge in [0.2, 0.25) is 5.82 Å². The lowest BCUT2D eigenvalue weighted by Crippen LogP contribution is -2.24. The standard InChI is InChI=1S/C17H13Cl2FN4OS/c1-24-16(25)15(21-14-7-11(18)6-12(19)8-14)22-23-17(24)26-9-10-2-4-13(20)5-3-10/h2-8H,9H2,1H3,(H,21,22). The Kier molecular flexibility index (Phi) is 5.80. The lowest BCUT2D eigenvalue weighted by Gasteiger charge is -2.10. The second-order valence-electron chi connectivity index (χ2n) is 5.39. The van der Waals surface area contributed by atoms with Crippen molar-refractivity contribution in [1.29, 1.82) is 0 Å². The molecule has 9 heteroatoms. The molecule has 0 radical (unpaired) electrons. The van der Waals surface area contributed by atoms with Crippen LogP contribution in [0.4, 0.5) is 15.9 Å². The van der Waals surface area contributed by atoms with Crippen molar-refractivity contribution in [3.05, 3.63) is 74.2 Å². The second-order valence-corrected chi connectivity index (χ2v) is 7.21. The molecule has 0 aliphatic carbocycles. The van der Waals surface area contributed by atoms with Crippen molar-refractivity contribution in [1.82, 2.24) is 14.8 Å². The molecule has 0 fully saturated rings. The summed E-state index contributed by atoms with van der Waals surface area (Å²) in [5.74, 6) is 0.318. The van der Waals surface area contributed by atoms with E-state index in [0.29, 0.717) is 26.6 Å². The minimum atomic E-state index is -0.335. The van der Waals surface area contributed by atoms with Gasteiger partial charge < -0.3 is 5.32 Å². The van der Waals surface area contributed by atoms with Crippen LogP contribution in [0.15, 0.2) is 52.4 Å². The van der Waals surface area contributed by atoms with E-state index in [9.17, 15) is 9.18 Å². The van der Waals surface area contributed by atoms with Crippen molar-refractivity contribution in [2.45, 2.75) is 10.9 Å². The highest BCUT2D eigenvalue weighted by Gasteiger charge is 2.11. The van der Waals surface area contributed by atoms with Gasteiger partial charge in [-0.2, -0.15) is 0 Å². The molecule has 5 nitrogen and oxygen atoms in total. The summed E-state index contributed by atoms with van der Waals surface area (Å²) in [5.41, 5.74) is 1.12. The molecule has 2 aromatic carbocycles. The molecule has 134 valence electrons. The third-order valence-electron chi connectivity index (χ3n) is 3.44. The van der Waals surface area contributed by atoms with Crippen molar-refractivity contribution in [2.24, 2.45) is 7.05 Å². The average Bonchev–Trinajstić information content (AvgIpc) is 2.59. The average molecular weight is 411 g/mol. The fraction of sp³-hybridized carbons (Fsp3) is 0.118. The van der Waals surface area contributed by atoms with Crippen LogP contribution in [0.2, 0.25) is 10.0 Å². The molecule has 0 bridgehead atoms. The SMILES string of the molecule is Cn1c(SCc2ccc(F)cc2)nnc(Nc2cc(Cl)cc(Cl)c2)c1=O. The van der Waals surface area contributed by atoms with Gasteiger partial charge in [-0.1, -0.05) is 47.1 Å². The molecular weight excluding hydrogens is 398 g/mol. The molecule has 0 aliphatic heterocycles. The number of anilines is 2. The summed E-state index contributed by atoms with van der Waals surface area (Å²) >= 11 is 13.2. The lowest BCUT2D eigenvalue weighted by molar-refractivity contribution is 0.627. The smallest absolute Gasteiger partial charge is 0.297 e. The molecule has 26 heavy (non-hydrogen) atoms. The van der Waals surface area contributed by atoms with Crippen molar-refractivity contribution < 1.29 is 4.39 Å². The summed E-state index contributed by atoms with van der Waals surface area (Å²) in [7, 11) is 1.61. The topological polar surface area (TPSA) is 59.8 Å². The largest absolute Gasteiger partial charge is 0.334 e. The first-order chi connectivity index (χ1) is 12.4. The summed E-state index contributed by atoms with van der Waals surface area (Å²) in [6.45, 7) is 0. The normalized spacial score (nSPS) is 10.8. The number of nitrogens with zero attached hydrogens (tertiary/aromatic N) is 3. The van der Waals surface area contributed by atoms with Crippen LogP contribution in [-0.4, -0.2) is 14.8 Å². The van der Waals surface area contributed by atoms with Crippen molar-refractivity contribution in [3.63, 3.8) is 0 Å². The first kappa shape index (κ1) is 18.7.